The zero-order valence-electron chi connectivity index (χ0n) is 11.6. The first-order valence-electron chi connectivity index (χ1n) is 6.64. The van der Waals surface area contributed by atoms with Gasteiger partial charge < -0.3 is 20.3 Å². The Balaban J connectivity index is 1.93. The molecular formula is C13H27N3O. The molecule has 0 aromatic carbocycles. The third kappa shape index (κ3) is 2.65. The number of likely N-dealkylation sites (tertiary alicyclic amines) is 1. The summed E-state index contributed by atoms with van der Waals surface area (Å²) in [7, 11) is 4.35. The summed E-state index contributed by atoms with van der Waals surface area (Å²) in [6.07, 6.45) is 0. The second-order valence-corrected chi connectivity index (χ2v) is 6.48. The number of ether oxygens (including phenoxy) is 1. The Morgan fingerprint density at radius 1 is 1.41 bits per heavy atom. The van der Waals surface area contributed by atoms with Crippen molar-refractivity contribution in [1.29, 1.82) is 0 Å². The van der Waals surface area contributed by atoms with Gasteiger partial charge in [0.1, 0.15) is 0 Å². The van der Waals surface area contributed by atoms with Crippen molar-refractivity contribution in [3.63, 3.8) is 0 Å². The summed E-state index contributed by atoms with van der Waals surface area (Å²) in [5, 5.41) is 0. The van der Waals surface area contributed by atoms with E-state index in [1.807, 2.05) is 0 Å². The first-order chi connectivity index (χ1) is 7.92. The lowest BCUT2D eigenvalue weighted by Crippen LogP contribution is -2.46. The van der Waals surface area contributed by atoms with Crippen molar-refractivity contribution in [2.24, 2.45) is 17.1 Å². The average molecular weight is 241 g/mol. The smallest absolute Gasteiger partial charge is 0.0624 e. The van der Waals surface area contributed by atoms with E-state index in [0.29, 0.717) is 6.04 Å². The molecule has 2 saturated heterocycles. The highest BCUT2D eigenvalue weighted by Crippen LogP contribution is 2.31. The molecule has 2 rings (SSSR count). The van der Waals surface area contributed by atoms with Crippen molar-refractivity contribution in [2.75, 3.05) is 46.9 Å². The van der Waals surface area contributed by atoms with Crippen molar-refractivity contribution in [1.82, 2.24) is 9.80 Å². The van der Waals surface area contributed by atoms with E-state index in [-0.39, 0.29) is 11.5 Å². The molecule has 4 atom stereocenters. The van der Waals surface area contributed by atoms with Crippen LogP contribution in [0.4, 0.5) is 0 Å². The van der Waals surface area contributed by atoms with Crippen LogP contribution < -0.4 is 5.73 Å². The largest absolute Gasteiger partial charge is 0.379 e. The van der Waals surface area contributed by atoms with Crippen LogP contribution >= 0.6 is 0 Å². The number of nitrogens with two attached hydrogens (primary N) is 1. The molecular weight excluding hydrogens is 214 g/mol. The van der Waals surface area contributed by atoms with E-state index in [9.17, 15) is 0 Å². The van der Waals surface area contributed by atoms with Gasteiger partial charge in [-0.3, -0.25) is 0 Å². The second kappa shape index (κ2) is 4.84. The van der Waals surface area contributed by atoms with Crippen molar-refractivity contribution >= 4 is 0 Å². The predicted molar refractivity (Wildman–Crippen MR) is 70.0 cm³/mol. The van der Waals surface area contributed by atoms with Gasteiger partial charge in [-0.1, -0.05) is 13.8 Å². The summed E-state index contributed by atoms with van der Waals surface area (Å²) in [5.74, 6) is 0.743. The lowest BCUT2D eigenvalue weighted by Gasteiger charge is -2.32. The van der Waals surface area contributed by atoms with Gasteiger partial charge in [-0.15, -0.1) is 0 Å². The summed E-state index contributed by atoms with van der Waals surface area (Å²) < 4.78 is 5.52. The molecule has 0 bridgehead atoms. The lowest BCUT2D eigenvalue weighted by molar-refractivity contribution is 0.126. The van der Waals surface area contributed by atoms with Gasteiger partial charge in [0.25, 0.3) is 0 Å². The highest BCUT2D eigenvalue weighted by atomic mass is 16.5. The van der Waals surface area contributed by atoms with Crippen LogP contribution in [0.2, 0.25) is 0 Å². The molecule has 2 heterocycles. The molecule has 0 amide bonds. The topological polar surface area (TPSA) is 41.7 Å². The normalized spacial score (nSPS) is 43.8. The molecule has 0 saturated carbocycles. The van der Waals surface area contributed by atoms with Crippen LogP contribution in [0.3, 0.4) is 0 Å². The summed E-state index contributed by atoms with van der Waals surface area (Å²) in [6, 6.07) is 0.869. The molecule has 2 aliphatic rings. The van der Waals surface area contributed by atoms with E-state index in [4.69, 9.17) is 10.5 Å². The maximum absolute atomic E-state index is 6.16. The molecule has 0 aliphatic carbocycles. The van der Waals surface area contributed by atoms with Gasteiger partial charge >= 0.3 is 0 Å². The standard InChI is InChI=1S/C13H27N3O/c1-10-5-16(6-11(10)15(3)4)8-13(2)9-17-7-12(13)14/h10-12H,5-9,14H2,1-4H3. The van der Waals surface area contributed by atoms with Crippen LogP contribution in [0, 0.1) is 11.3 Å². The van der Waals surface area contributed by atoms with E-state index < -0.39 is 0 Å². The Kier molecular flexibility index (Phi) is 3.78. The fourth-order valence-corrected chi connectivity index (χ4v) is 3.25. The predicted octanol–water partition coefficient (Wildman–Crippen LogP) is 0.232. The Labute approximate surface area is 105 Å². The van der Waals surface area contributed by atoms with Crippen molar-refractivity contribution < 1.29 is 4.74 Å². The minimum Gasteiger partial charge on any atom is -0.379 e. The molecule has 0 aromatic rings. The summed E-state index contributed by atoms with van der Waals surface area (Å²) in [4.78, 5) is 4.90. The maximum Gasteiger partial charge on any atom is 0.0624 e. The van der Waals surface area contributed by atoms with Gasteiger partial charge in [-0.05, 0) is 20.0 Å². The van der Waals surface area contributed by atoms with Gasteiger partial charge in [-0.2, -0.15) is 0 Å². The quantitative estimate of drug-likeness (QED) is 0.768. The van der Waals surface area contributed by atoms with Gasteiger partial charge in [0, 0.05) is 37.1 Å². The number of hydrogen-bond acceptors (Lipinski definition) is 4. The van der Waals surface area contributed by atoms with Crippen LogP contribution in [0.25, 0.3) is 0 Å². The first-order valence-corrected chi connectivity index (χ1v) is 6.64. The van der Waals surface area contributed by atoms with E-state index >= 15 is 0 Å². The van der Waals surface area contributed by atoms with Gasteiger partial charge in [-0.25, -0.2) is 0 Å². The molecule has 2 N–H and O–H groups in total. The Bertz CT molecular complexity index is 271. The Morgan fingerprint density at radius 3 is 2.59 bits per heavy atom. The monoisotopic (exact) mass is 241 g/mol. The van der Waals surface area contributed by atoms with E-state index in [1.54, 1.807) is 0 Å². The lowest BCUT2D eigenvalue weighted by atomic mass is 9.85. The molecule has 2 fully saturated rings. The fraction of sp³-hybridized carbons (Fsp3) is 1.00. The number of hydrogen-bond donors (Lipinski definition) is 1. The van der Waals surface area contributed by atoms with Gasteiger partial charge in [0.2, 0.25) is 0 Å². The van der Waals surface area contributed by atoms with Crippen LogP contribution in [0.5, 0.6) is 0 Å². The molecule has 100 valence electrons. The van der Waals surface area contributed by atoms with Crippen LogP contribution in [0.15, 0.2) is 0 Å². The number of rotatable bonds is 3. The zero-order chi connectivity index (χ0) is 12.6. The highest BCUT2D eigenvalue weighted by Gasteiger charge is 2.41. The molecule has 0 spiro atoms. The molecule has 0 radical (unpaired) electrons. The summed E-state index contributed by atoms with van der Waals surface area (Å²) in [6.45, 7) is 9.56. The molecule has 4 nitrogen and oxygen atoms in total. The first kappa shape index (κ1) is 13.3. The number of likely N-dealkylation sites (N-methyl/N-ethyl adjacent to an activating group) is 1. The second-order valence-electron chi connectivity index (χ2n) is 6.48. The summed E-state index contributed by atoms with van der Waals surface area (Å²) in [5.41, 5.74) is 6.30. The van der Waals surface area contributed by atoms with Crippen molar-refractivity contribution in [3.8, 4) is 0 Å². The zero-order valence-corrected chi connectivity index (χ0v) is 11.6. The van der Waals surface area contributed by atoms with Crippen LogP contribution in [-0.2, 0) is 4.74 Å². The average Bonchev–Trinajstić information content (AvgIpc) is 2.72. The van der Waals surface area contributed by atoms with Crippen LogP contribution in [0.1, 0.15) is 13.8 Å². The van der Waals surface area contributed by atoms with E-state index in [1.165, 1.54) is 6.54 Å². The molecule has 17 heavy (non-hydrogen) atoms. The van der Waals surface area contributed by atoms with E-state index in [0.717, 1.165) is 32.2 Å². The maximum atomic E-state index is 6.16. The van der Waals surface area contributed by atoms with Gasteiger partial charge in [0.05, 0.1) is 13.2 Å². The van der Waals surface area contributed by atoms with E-state index in [2.05, 4.69) is 37.7 Å². The summed E-state index contributed by atoms with van der Waals surface area (Å²) >= 11 is 0. The molecule has 0 aromatic heterocycles. The van der Waals surface area contributed by atoms with Crippen molar-refractivity contribution in [2.45, 2.75) is 25.9 Å². The third-order valence-corrected chi connectivity index (χ3v) is 4.52. The SMILES string of the molecule is CC1CN(CC2(C)COCC2N)CC1N(C)C. The third-order valence-electron chi connectivity index (χ3n) is 4.52. The Morgan fingerprint density at radius 2 is 2.12 bits per heavy atom. The fourth-order valence-electron chi connectivity index (χ4n) is 3.25. The molecule has 2 aliphatic heterocycles. The minimum absolute atomic E-state index is 0.140. The Hall–Kier alpha value is -0.160. The number of nitrogens with zero attached hydrogens (tertiary/aromatic N) is 2. The minimum atomic E-state index is 0.140. The van der Waals surface area contributed by atoms with Crippen molar-refractivity contribution in [3.05, 3.63) is 0 Å². The van der Waals surface area contributed by atoms with Crippen LogP contribution in [-0.4, -0.2) is 68.8 Å². The molecule has 4 heteroatoms. The highest BCUT2D eigenvalue weighted by molar-refractivity contribution is 4.96. The molecule has 4 unspecified atom stereocenters. The van der Waals surface area contributed by atoms with Gasteiger partial charge in [0.15, 0.2) is 0 Å².